The van der Waals surface area contributed by atoms with E-state index in [4.69, 9.17) is 9.47 Å². The van der Waals surface area contributed by atoms with Crippen LogP contribution in [0.3, 0.4) is 0 Å². The van der Waals surface area contributed by atoms with Gasteiger partial charge in [0, 0.05) is 30.5 Å². The van der Waals surface area contributed by atoms with E-state index in [9.17, 15) is 0 Å². The summed E-state index contributed by atoms with van der Waals surface area (Å²) in [4.78, 5) is 4.47. The van der Waals surface area contributed by atoms with E-state index in [0.717, 1.165) is 25.3 Å². The average molecular weight is 280 g/mol. The van der Waals surface area contributed by atoms with Crippen LogP contribution in [0.2, 0.25) is 0 Å². The minimum Gasteiger partial charge on any atom is -0.475 e. The Kier molecular flexibility index (Phi) is 6.96. The van der Waals surface area contributed by atoms with E-state index in [1.54, 1.807) is 0 Å². The zero-order valence-corrected chi connectivity index (χ0v) is 13.5. The Bertz CT molecular complexity index is 400. The number of rotatable bonds is 8. The molecule has 1 aromatic heterocycles. The summed E-state index contributed by atoms with van der Waals surface area (Å²) in [5.74, 6) is 0.669. The van der Waals surface area contributed by atoms with Gasteiger partial charge in [0.2, 0.25) is 5.88 Å². The first kappa shape index (κ1) is 16.9. The zero-order chi connectivity index (χ0) is 15.0. The molecule has 0 unspecified atom stereocenters. The zero-order valence-electron chi connectivity index (χ0n) is 13.5. The van der Waals surface area contributed by atoms with Gasteiger partial charge >= 0.3 is 0 Å². The summed E-state index contributed by atoms with van der Waals surface area (Å²) in [6.45, 7) is 13.3. The van der Waals surface area contributed by atoms with Gasteiger partial charge < -0.3 is 14.8 Å². The van der Waals surface area contributed by atoms with Gasteiger partial charge in [-0.1, -0.05) is 13.0 Å². The molecule has 1 heterocycles. The molecule has 0 saturated heterocycles. The summed E-state index contributed by atoms with van der Waals surface area (Å²) < 4.78 is 10.9. The Morgan fingerprint density at radius 3 is 2.50 bits per heavy atom. The van der Waals surface area contributed by atoms with Crippen LogP contribution in [0.1, 0.15) is 45.4 Å². The fourth-order valence-corrected chi connectivity index (χ4v) is 1.65. The molecule has 114 valence electrons. The van der Waals surface area contributed by atoms with Crippen molar-refractivity contribution in [3.8, 4) is 5.88 Å². The molecule has 4 heteroatoms. The SMILES string of the molecule is CCCOCCOc1ccc(CNC(C)(C)C)c(C)n1. The van der Waals surface area contributed by atoms with E-state index in [1.165, 1.54) is 5.56 Å². The second-order valence-corrected chi connectivity index (χ2v) is 5.96. The predicted octanol–water partition coefficient (Wildman–Crippen LogP) is 3.08. The summed E-state index contributed by atoms with van der Waals surface area (Å²) in [6, 6.07) is 4.00. The van der Waals surface area contributed by atoms with E-state index in [0.29, 0.717) is 19.1 Å². The fourth-order valence-electron chi connectivity index (χ4n) is 1.65. The molecule has 0 aliphatic carbocycles. The Morgan fingerprint density at radius 1 is 1.15 bits per heavy atom. The van der Waals surface area contributed by atoms with Crippen molar-refractivity contribution in [2.24, 2.45) is 0 Å². The molecule has 1 N–H and O–H groups in total. The highest BCUT2D eigenvalue weighted by Crippen LogP contribution is 2.13. The van der Waals surface area contributed by atoms with Crippen LogP contribution in [-0.4, -0.2) is 30.3 Å². The average Bonchev–Trinajstić information content (AvgIpc) is 2.36. The minimum absolute atomic E-state index is 0.109. The number of hydrogen-bond acceptors (Lipinski definition) is 4. The Labute approximate surface area is 122 Å². The molecule has 1 aromatic rings. The lowest BCUT2D eigenvalue weighted by molar-refractivity contribution is 0.0989. The first-order chi connectivity index (χ1) is 9.42. The maximum Gasteiger partial charge on any atom is 0.213 e. The van der Waals surface area contributed by atoms with Crippen LogP contribution in [0.25, 0.3) is 0 Å². The van der Waals surface area contributed by atoms with Gasteiger partial charge in [0.1, 0.15) is 6.61 Å². The van der Waals surface area contributed by atoms with E-state index in [2.05, 4.69) is 44.1 Å². The lowest BCUT2D eigenvalue weighted by Crippen LogP contribution is -2.35. The number of hydrogen-bond donors (Lipinski definition) is 1. The van der Waals surface area contributed by atoms with Crippen molar-refractivity contribution in [2.45, 2.75) is 53.1 Å². The normalized spacial score (nSPS) is 11.7. The molecule has 0 spiro atoms. The molecule has 0 aliphatic heterocycles. The largest absolute Gasteiger partial charge is 0.475 e. The first-order valence-electron chi connectivity index (χ1n) is 7.34. The Balaban J connectivity index is 2.42. The van der Waals surface area contributed by atoms with Gasteiger partial charge in [-0.25, -0.2) is 4.98 Å². The summed E-state index contributed by atoms with van der Waals surface area (Å²) in [5.41, 5.74) is 2.32. The summed E-state index contributed by atoms with van der Waals surface area (Å²) in [6.07, 6.45) is 1.03. The molecular formula is C16H28N2O2. The molecule has 0 atom stereocenters. The van der Waals surface area contributed by atoms with Crippen LogP contribution >= 0.6 is 0 Å². The van der Waals surface area contributed by atoms with Crippen LogP contribution in [0.4, 0.5) is 0 Å². The number of aryl methyl sites for hydroxylation is 1. The van der Waals surface area contributed by atoms with E-state index in [-0.39, 0.29) is 5.54 Å². The van der Waals surface area contributed by atoms with Gasteiger partial charge in [0.25, 0.3) is 0 Å². The van der Waals surface area contributed by atoms with Crippen molar-refractivity contribution in [1.82, 2.24) is 10.3 Å². The smallest absolute Gasteiger partial charge is 0.213 e. The van der Waals surface area contributed by atoms with Gasteiger partial charge in [-0.05, 0) is 39.7 Å². The van der Waals surface area contributed by atoms with E-state index in [1.807, 2.05) is 13.0 Å². The quantitative estimate of drug-likeness (QED) is 0.743. The molecule has 0 bridgehead atoms. The molecule has 0 fully saturated rings. The molecule has 0 saturated carbocycles. The summed E-state index contributed by atoms with van der Waals surface area (Å²) in [7, 11) is 0. The summed E-state index contributed by atoms with van der Waals surface area (Å²) >= 11 is 0. The number of pyridine rings is 1. The van der Waals surface area contributed by atoms with E-state index >= 15 is 0 Å². The van der Waals surface area contributed by atoms with Crippen molar-refractivity contribution in [1.29, 1.82) is 0 Å². The topological polar surface area (TPSA) is 43.4 Å². The number of nitrogens with one attached hydrogen (secondary N) is 1. The third kappa shape index (κ3) is 6.87. The molecule has 0 aromatic carbocycles. The third-order valence-corrected chi connectivity index (χ3v) is 2.80. The summed E-state index contributed by atoms with van der Waals surface area (Å²) in [5, 5.41) is 3.46. The molecule has 1 rings (SSSR count). The van der Waals surface area contributed by atoms with Crippen LogP contribution in [-0.2, 0) is 11.3 Å². The van der Waals surface area contributed by atoms with Crippen molar-refractivity contribution in [3.63, 3.8) is 0 Å². The molecule has 0 radical (unpaired) electrons. The molecular weight excluding hydrogens is 252 g/mol. The standard InChI is InChI=1S/C16H28N2O2/c1-6-9-19-10-11-20-15-8-7-14(13(2)18-15)12-17-16(3,4)5/h7-8,17H,6,9-12H2,1-5H3. The third-order valence-electron chi connectivity index (χ3n) is 2.80. The Morgan fingerprint density at radius 2 is 1.90 bits per heavy atom. The van der Waals surface area contributed by atoms with Gasteiger partial charge in [-0.2, -0.15) is 0 Å². The van der Waals surface area contributed by atoms with Crippen molar-refractivity contribution in [2.75, 3.05) is 19.8 Å². The number of ether oxygens (including phenoxy) is 2. The maximum absolute atomic E-state index is 5.58. The number of aromatic nitrogens is 1. The fraction of sp³-hybridized carbons (Fsp3) is 0.688. The van der Waals surface area contributed by atoms with Crippen molar-refractivity contribution < 1.29 is 9.47 Å². The van der Waals surface area contributed by atoms with Gasteiger partial charge in [-0.3, -0.25) is 0 Å². The van der Waals surface area contributed by atoms with Crippen LogP contribution in [0, 0.1) is 6.92 Å². The Hall–Kier alpha value is -1.13. The highest BCUT2D eigenvalue weighted by Gasteiger charge is 2.10. The van der Waals surface area contributed by atoms with Crippen LogP contribution in [0.5, 0.6) is 5.88 Å². The predicted molar refractivity (Wildman–Crippen MR) is 82.2 cm³/mol. The molecule has 0 amide bonds. The van der Waals surface area contributed by atoms with Crippen LogP contribution < -0.4 is 10.1 Å². The molecule has 0 aliphatic rings. The maximum atomic E-state index is 5.58. The highest BCUT2D eigenvalue weighted by atomic mass is 16.5. The van der Waals surface area contributed by atoms with E-state index < -0.39 is 0 Å². The monoisotopic (exact) mass is 280 g/mol. The molecule has 20 heavy (non-hydrogen) atoms. The highest BCUT2D eigenvalue weighted by molar-refractivity contribution is 5.25. The van der Waals surface area contributed by atoms with Crippen LogP contribution in [0.15, 0.2) is 12.1 Å². The molecule has 4 nitrogen and oxygen atoms in total. The second-order valence-electron chi connectivity index (χ2n) is 5.96. The minimum atomic E-state index is 0.109. The van der Waals surface area contributed by atoms with Gasteiger partial charge in [-0.15, -0.1) is 0 Å². The first-order valence-corrected chi connectivity index (χ1v) is 7.34. The lowest BCUT2D eigenvalue weighted by Gasteiger charge is -2.21. The van der Waals surface area contributed by atoms with Crippen molar-refractivity contribution >= 4 is 0 Å². The van der Waals surface area contributed by atoms with Gasteiger partial charge in [0.15, 0.2) is 0 Å². The number of nitrogens with zero attached hydrogens (tertiary/aromatic N) is 1. The second kappa shape index (κ2) is 8.22. The van der Waals surface area contributed by atoms with Crippen molar-refractivity contribution in [3.05, 3.63) is 23.4 Å². The lowest BCUT2D eigenvalue weighted by atomic mass is 10.1. The van der Waals surface area contributed by atoms with Gasteiger partial charge in [0.05, 0.1) is 6.61 Å².